The van der Waals surface area contributed by atoms with E-state index in [0.717, 1.165) is 5.75 Å². The predicted octanol–water partition coefficient (Wildman–Crippen LogP) is 2.93. The fourth-order valence-corrected chi connectivity index (χ4v) is 4.96. The smallest absolute Gasteiger partial charge is 0.119 e. The van der Waals surface area contributed by atoms with Crippen LogP contribution >= 0.6 is 23.5 Å². The van der Waals surface area contributed by atoms with Crippen molar-refractivity contribution in [3.8, 4) is 5.75 Å². The Labute approximate surface area is 112 Å². The summed E-state index contributed by atoms with van der Waals surface area (Å²) in [7, 11) is 1.69. The van der Waals surface area contributed by atoms with Gasteiger partial charge >= 0.3 is 0 Å². The van der Waals surface area contributed by atoms with Crippen LogP contribution in [0, 0.1) is 0 Å². The van der Waals surface area contributed by atoms with Gasteiger partial charge in [-0.2, -0.15) is 23.5 Å². The molecule has 0 radical (unpaired) electrons. The largest absolute Gasteiger partial charge is 0.497 e. The first kappa shape index (κ1) is 13.1. The van der Waals surface area contributed by atoms with Crippen molar-refractivity contribution < 1.29 is 4.74 Å². The molecular weight excluding hydrogens is 250 g/mol. The van der Waals surface area contributed by atoms with Crippen molar-refractivity contribution in [2.45, 2.75) is 23.5 Å². The zero-order valence-electron chi connectivity index (χ0n) is 10.3. The highest BCUT2D eigenvalue weighted by Crippen LogP contribution is 2.37. The zero-order valence-corrected chi connectivity index (χ0v) is 11.9. The van der Waals surface area contributed by atoms with E-state index in [0.29, 0.717) is 10.5 Å². The Hall–Kier alpha value is -0.320. The lowest BCUT2D eigenvalue weighted by molar-refractivity contribution is 0.413. The Kier molecular flexibility index (Phi) is 4.65. The molecule has 1 aromatic carbocycles. The molecule has 0 saturated carbocycles. The molecule has 1 fully saturated rings. The van der Waals surface area contributed by atoms with Crippen molar-refractivity contribution >= 4 is 23.5 Å². The Balaban J connectivity index is 2.14. The van der Waals surface area contributed by atoms with Crippen LogP contribution in [0.2, 0.25) is 0 Å². The van der Waals surface area contributed by atoms with Crippen LogP contribution in [0.3, 0.4) is 0 Å². The van der Waals surface area contributed by atoms with Gasteiger partial charge in [-0.15, -0.1) is 0 Å². The van der Waals surface area contributed by atoms with Gasteiger partial charge in [-0.25, -0.2) is 0 Å². The second-order valence-corrected chi connectivity index (χ2v) is 6.98. The molecule has 4 heteroatoms. The minimum Gasteiger partial charge on any atom is -0.497 e. The van der Waals surface area contributed by atoms with Gasteiger partial charge < -0.3 is 10.5 Å². The van der Waals surface area contributed by atoms with Crippen LogP contribution in [0.25, 0.3) is 0 Å². The van der Waals surface area contributed by atoms with Crippen LogP contribution in [0.15, 0.2) is 24.3 Å². The molecule has 3 unspecified atom stereocenters. The maximum Gasteiger partial charge on any atom is 0.119 e. The van der Waals surface area contributed by atoms with E-state index in [4.69, 9.17) is 10.5 Å². The second-order valence-electron chi connectivity index (χ2n) is 4.21. The fourth-order valence-electron chi connectivity index (χ4n) is 2.08. The standard InChI is InChI=1S/C13H19NOS2/c1-9-13(17-7-6-16-9)12(14)10-4-3-5-11(8-10)15-2/h3-5,8-9,12-13H,6-7,14H2,1-2H3. The number of hydrogen-bond acceptors (Lipinski definition) is 4. The first-order chi connectivity index (χ1) is 8.22. The minimum absolute atomic E-state index is 0.0953. The van der Waals surface area contributed by atoms with E-state index in [-0.39, 0.29) is 6.04 Å². The van der Waals surface area contributed by atoms with Crippen LogP contribution in [-0.4, -0.2) is 29.1 Å². The molecule has 1 saturated heterocycles. The molecule has 1 heterocycles. The Morgan fingerprint density at radius 1 is 1.35 bits per heavy atom. The van der Waals surface area contributed by atoms with Gasteiger partial charge in [-0.1, -0.05) is 19.1 Å². The lowest BCUT2D eigenvalue weighted by Gasteiger charge is -2.32. The predicted molar refractivity (Wildman–Crippen MR) is 78.1 cm³/mol. The van der Waals surface area contributed by atoms with Gasteiger partial charge in [-0.05, 0) is 17.7 Å². The summed E-state index contributed by atoms with van der Waals surface area (Å²) in [6.45, 7) is 2.28. The molecule has 2 N–H and O–H groups in total. The summed E-state index contributed by atoms with van der Waals surface area (Å²) in [5, 5.41) is 1.12. The Bertz CT molecular complexity index is 372. The highest BCUT2D eigenvalue weighted by atomic mass is 32.2. The highest BCUT2D eigenvalue weighted by Gasteiger charge is 2.29. The van der Waals surface area contributed by atoms with Crippen LogP contribution in [0.4, 0.5) is 0 Å². The van der Waals surface area contributed by atoms with E-state index in [1.165, 1.54) is 17.1 Å². The molecule has 0 amide bonds. The number of methoxy groups -OCH3 is 1. The van der Waals surface area contributed by atoms with E-state index in [1.807, 2.05) is 35.7 Å². The van der Waals surface area contributed by atoms with Gasteiger partial charge in [0.1, 0.15) is 5.75 Å². The number of ether oxygens (including phenoxy) is 1. The summed E-state index contributed by atoms with van der Waals surface area (Å²) < 4.78 is 5.25. The molecule has 3 atom stereocenters. The maximum atomic E-state index is 6.39. The SMILES string of the molecule is COc1cccc(C(N)C2SCCSC2C)c1. The number of nitrogens with two attached hydrogens (primary N) is 1. The highest BCUT2D eigenvalue weighted by molar-refractivity contribution is 8.07. The first-order valence-electron chi connectivity index (χ1n) is 5.85. The first-order valence-corrected chi connectivity index (χ1v) is 7.95. The van der Waals surface area contributed by atoms with E-state index in [1.54, 1.807) is 7.11 Å². The Morgan fingerprint density at radius 2 is 2.12 bits per heavy atom. The van der Waals surface area contributed by atoms with Crippen molar-refractivity contribution in [2.75, 3.05) is 18.6 Å². The molecule has 17 heavy (non-hydrogen) atoms. The maximum absolute atomic E-state index is 6.39. The molecule has 0 bridgehead atoms. The second kappa shape index (κ2) is 6.03. The molecule has 0 spiro atoms. The van der Waals surface area contributed by atoms with Crippen molar-refractivity contribution in [1.82, 2.24) is 0 Å². The van der Waals surface area contributed by atoms with Crippen LogP contribution in [-0.2, 0) is 0 Å². The van der Waals surface area contributed by atoms with Gasteiger partial charge in [0.25, 0.3) is 0 Å². The Morgan fingerprint density at radius 3 is 2.82 bits per heavy atom. The summed E-state index contributed by atoms with van der Waals surface area (Å²) in [6.07, 6.45) is 0. The molecule has 0 aromatic heterocycles. The van der Waals surface area contributed by atoms with Gasteiger partial charge in [-0.3, -0.25) is 0 Å². The van der Waals surface area contributed by atoms with Crippen LogP contribution in [0.5, 0.6) is 5.75 Å². The zero-order chi connectivity index (χ0) is 12.3. The molecule has 1 aliphatic rings. The molecule has 1 aromatic rings. The van der Waals surface area contributed by atoms with E-state index >= 15 is 0 Å². The normalized spacial score (nSPS) is 26.5. The van der Waals surface area contributed by atoms with Gasteiger partial charge in [0.15, 0.2) is 0 Å². The molecule has 2 rings (SSSR count). The average molecular weight is 269 g/mol. The third kappa shape index (κ3) is 3.12. The van der Waals surface area contributed by atoms with Crippen LogP contribution in [0.1, 0.15) is 18.5 Å². The molecule has 0 aliphatic carbocycles. The minimum atomic E-state index is 0.0953. The summed E-state index contributed by atoms with van der Waals surface area (Å²) >= 11 is 4.03. The number of benzene rings is 1. The van der Waals surface area contributed by atoms with Gasteiger partial charge in [0, 0.05) is 28.0 Å². The molecule has 94 valence electrons. The average Bonchev–Trinajstić information content (AvgIpc) is 2.38. The number of thioether (sulfide) groups is 2. The summed E-state index contributed by atoms with van der Waals surface area (Å²) in [5.41, 5.74) is 7.57. The van der Waals surface area contributed by atoms with E-state index in [9.17, 15) is 0 Å². The lowest BCUT2D eigenvalue weighted by Crippen LogP contribution is -2.34. The van der Waals surface area contributed by atoms with E-state index in [2.05, 4.69) is 19.1 Å². The quantitative estimate of drug-likeness (QED) is 0.915. The van der Waals surface area contributed by atoms with Crippen LogP contribution < -0.4 is 10.5 Å². The topological polar surface area (TPSA) is 35.2 Å². The summed E-state index contributed by atoms with van der Waals surface area (Å²) in [6, 6.07) is 8.22. The van der Waals surface area contributed by atoms with Crippen molar-refractivity contribution in [1.29, 1.82) is 0 Å². The van der Waals surface area contributed by atoms with Crippen molar-refractivity contribution in [2.24, 2.45) is 5.73 Å². The van der Waals surface area contributed by atoms with Crippen molar-refractivity contribution in [3.05, 3.63) is 29.8 Å². The van der Waals surface area contributed by atoms with Gasteiger partial charge in [0.2, 0.25) is 0 Å². The third-order valence-electron chi connectivity index (χ3n) is 3.07. The van der Waals surface area contributed by atoms with E-state index < -0.39 is 0 Å². The molecule has 2 nitrogen and oxygen atoms in total. The molecule has 1 aliphatic heterocycles. The summed E-state index contributed by atoms with van der Waals surface area (Å²) in [5.74, 6) is 3.34. The summed E-state index contributed by atoms with van der Waals surface area (Å²) in [4.78, 5) is 0. The van der Waals surface area contributed by atoms with Gasteiger partial charge in [0.05, 0.1) is 7.11 Å². The third-order valence-corrected chi connectivity index (χ3v) is 6.29. The van der Waals surface area contributed by atoms with Crippen molar-refractivity contribution in [3.63, 3.8) is 0 Å². The number of rotatable bonds is 3. The lowest BCUT2D eigenvalue weighted by atomic mass is 10.0. The number of hydrogen-bond donors (Lipinski definition) is 1. The fraction of sp³-hybridized carbons (Fsp3) is 0.538. The molecular formula is C13H19NOS2. The monoisotopic (exact) mass is 269 g/mol.